The molecule has 1 atom stereocenters. The minimum Gasteiger partial charge on any atom is -0.129 e. The number of hydrogen-bond acceptors (Lipinski definition) is 0. The van der Waals surface area contributed by atoms with Crippen molar-refractivity contribution < 1.29 is 0 Å². The lowest BCUT2D eigenvalue weighted by Crippen LogP contribution is -1.83. The molecule has 1 aliphatic rings. The summed E-state index contributed by atoms with van der Waals surface area (Å²) in [5.74, 6) is 0.611. The highest BCUT2D eigenvalue weighted by atomic mass is 14.0. The van der Waals surface area contributed by atoms with Gasteiger partial charge in [-0.2, -0.15) is 0 Å². The molecule has 1 unspecified atom stereocenters. The van der Waals surface area contributed by atoms with Crippen LogP contribution >= 0.6 is 0 Å². The molecule has 0 saturated carbocycles. The first-order valence-electron chi connectivity index (χ1n) is 4.12. The van der Waals surface area contributed by atoms with Crippen LogP contribution < -0.4 is 0 Å². The van der Waals surface area contributed by atoms with Crippen molar-refractivity contribution in [1.29, 1.82) is 0 Å². The molecule has 0 aliphatic heterocycles. The quantitative estimate of drug-likeness (QED) is 0.324. The lowest BCUT2D eigenvalue weighted by molar-refractivity contribution is 0.848. The number of rotatable bonds is 4. The van der Waals surface area contributed by atoms with Gasteiger partial charge in [0.1, 0.15) is 0 Å². The van der Waals surface area contributed by atoms with Crippen molar-refractivity contribution in [3.63, 3.8) is 0 Å². The Morgan fingerprint density at radius 1 is 1.55 bits per heavy atom. The predicted molar refractivity (Wildman–Crippen MR) is 49.3 cm³/mol. The van der Waals surface area contributed by atoms with Gasteiger partial charge in [-0.1, -0.05) is 18.2 Å². The molecule has 0 nitrogen and oxygen atoms in total. The monoisotopic (exact) mass is 146 g/mol. The molecule has 11 heavy (non-hydrogen) atoms. The van der Waals surface area contributed by atoms with Gasteiger partial charge in [-0.3, -0.25) is 0 Å². The highest BCUT2D eigenvalue weighted by Gasteiger charge is 1.99. The average Bonchev–Trinajstić information content (AvgIpc) is 2.50. The second kappa shape index (κ2) is 4.76. The Balaban J connectivity index is 2.14. The van der Waals surface area contributed by atoms with Gasteiger partial charge in [0, 0.05) is 5.92 Å². The van der Waals surface area contributed by atoms with Crippen LogP contribution in [0.2, 0.25) is 0 Å². The van der Waals surface area contributed by atoms with Crippen LogP contribution in [-0.4, -0.2) is 0 Å². The zero-order valence-electron chi connectivity index (χ0n) is 6.79. The molecule has 0 amide bonds. The maximum absolute atomic E-state index is 3.67. The first-order chi connectivity index (χ1) is 5.43. The van der Waals surface area contributed by atoms with Crippen molar-refractivity contribution in [1.82, 2.24) is 0 Å². The van der Waals surface area contributed by atoms with Gasteiger partial charge >= 0.3 is 0 Å². The highest BCUT2D eigenvalue weighted by molar-refractivity contribution is 5.08. The summed E-state index contributed by atoms with van der Waals surface area (Å²) in [6.07, 6.45) is 14.0. The van der Waals surface area contributed by atoms with Crippen molar-refractivity contribution in [3.8, 4) is 0 Å². The van der Waals surface area contributed by atoms with Crippen molar-refractivity contribution in [2.45, 2.75) is 19.3 Å². The van der Waals surface area contributed by atoms with Gasteiger partial charge in [-0.05, 0) is 31.4 Å². The van der Waals surface area contributed by atoms with E-state index in [2.05, 4.69) is 36.6 Å². The second-order valence-electron chi connectivity index (χ2n) is 2.73. The van der Waals surface area contributed by atoms with Gasteiger partial charge in [0.15, 0.2) is 0 Å². The lowest BCUT2D eigenvalue weighted by atomic mass is 10.1. The first kappa shape index (κ1) is 8.10. The van der Waals surface area contributed by atoms with Crippen molar-refractivity contribution in [2.24, 2.45) is 5.92 Å². The first-order valence-corrected chi connectivity index (χ1v) is 4.12. The van der Waals surface area contributed by atoms with Crippen molar-refractivity contribution in [2.75, 3.05) is 0 Å². The fourth-order valence-electron chi connectivity index (χ4n) is 1.08. The van der Waals surface area contributed by atoms with E-state index in [1.54, 1.807) is 0 Å². The van der Waals surface area contributed by atoms with E-state index in [0.29, 0.717) is 5.92 Å². The van der Waals surface area contributed by atoms with Crippen LogP contribution in [0.15, 0.2) is 42.7 Å². The van der Waals surface area contributed by atoms with E-state index in [1.165, 1.54) is 0 Å². The zero-order chi connectivity index (χ0) is 7.94. The summed E-state index contributed by atoms with van der Waals surface area (Å²) in [4.78, 5) is 0. The summed E-state index contributed by atoms with van der Waals surface area (Å²) < 4.78 is 0. The molecule has 0 fully saturated rings. The molecule has 0 saturated heterocycles. The zero-order valence-corrected chi connectivity index (χ0v) is 6.79. The van der Waals surface area contributed by atoms with Crippen LogP contribution in [0, 0.1) is 5.92 Å². The van der Waals surface area contributed by atoms with Crippen LogP contribution in [-0.2, 0) is 0 Å². The lowest BCUT2D eigenvalue weighted by Gasteiger charge is -1.96. The van der Waals surface area contributed by atoms with E-state index in [4.69, 9.17) is 0 Å². The van der Waals surface area contributed by atoms with E-state index in [1.807, 2.05) is 6.08 Å². The Hall–Kier alpha value is -1.00. The molecule has 0 heterocycles. The van der Waals surface area contributed by atoms with Crippen molar-refractivity contribution in [3.05, 3.63) is 42.7 Å². The molecule has 1 rings (SSSR count). The topological polar surface area (TPSA) is 0 Å². The molecular formula is C11H14. The Morgan fingerprint density at radius 2 is 2.45 bits per heavy atom. The van der Waals surface area contributed by atoms with Crippen molar-refractivity contribution >= 4 is 0 Å². The minimum atomic E-state index is 0.611. The molecule has 0 aromatic heterocycles. The number of allylic oxidation sites excluding steroid dienone is 4. The number of unbranched alkanes of at least 4 members (excludes halogenated alkanes) is 1. The van der Waals surface area contributed by atoms with Gasteiger partial charge in [-0.25, -0.2) is 0 Å². The third-order valence-corrected chi connectivity index (χ3v) is 1.74. The predicted octanol–water partition coefficient (Wildman–Crippen LogP) is 3.24. The van der Waals surface area contributed by atoms with Gasteiger partial charge in [0.05, 0.1) is 0 Å². The maximum Gasteiger partial charge on any atom is 0.00629 e. The molecular weight excluding hydrogens is 132 g/mol. The smallest absolute Gasteiger partial charge is 0.00629 e. The molecule has 0 aromatic carbocycles. The minimum absolute atomic E-state index is 0.611. The van der Waals surface area contributed by atoms with E-state index in [-0.39, 0.29) is 0 Å². The normalized spacial score (nSPS) is 21.6. The average molecular weight is 146 g/mol. The third kappa shape index (κ3) is 3.06. The Labute approximate surface area is 68.6 Å². The van der Waals surface area contributed by atoms with E-state index >= 15 is 0 Å². The van der Waals surface area contributed by atoms with Gasteiger partial charge in [0.2, 0.25) is 0 Å². The molecule has 0 radical (unpaired) electrons. The summed E-state index contributed by atoms with van der Waals surface area (Å²) >= 11 is 0. The van der Waals surface area contributed by atoms with Gasteiger partial charge in [-0.15, -0.1) is 12.3 Å². The fraction of sp³-hybridized carbons (Fsp3) is 0.364. The Kier molecular flexibility index (Phi) is 3.51. The third-order valence-electron chi connectivity index (χ3n) is 1.74. The summed E-state index contributed by atoms with van der Waals surface area (Å²) in [6, 6.07) is 0. The SMILES string of the molecule is C=CCC/C=C/C1C=C=CC1. The molecule has 0 heteroatoms. The van der Waals surface area contributed by atoms with Gasteiger partial charge in [0.25, 0.3) is 0 Å². The van der Waals surface area contributed by atoms with E-state index < -0.39 is 0 Å². The maximum atomic E-state index is 3.67. The summed E-state index contributed by atoms with van der Waals surface area (Å²) in [5.41, 5.74) is 3.09. The largest absolute Gasteiger partial charge is 0.129 e. The molecule has 0 aromatic rings. The summed E-state index contributed by atoms with van der Waals surface area (Å²) in [5, 5.41) is 0. The van der Waals surface area contributed by atoms with Crippen LogP contribution in [0.1, 0.15) is 19.3 Å². The van der Waals surface area contributed by atoms with Crippen LogP contribution in [0.5, 0.6) is 0 Å². The Bertz CT molecular complexity index is 202. The molecule has 0 bridgehead atoms. The second-order valence-corrected chi connectivity index (χ2v) is 2.73. The van der Waals surface area contributed by atoms with E-state index in [0.717, 1.165) is 19.3 Å². The van der Waals surface area contributed by atoms with Crippen LogP contribution in [0.4, 0.5) is 0 Å². The molecule has 1 aliphatic carbocycles. The number of hydrogen-bond donors (Lipinski definition) is 0. The summed E-state index contributed by atoms with van der Waals surface area (Å²) in [7, 11) is 0. The Morgan fingerprint density at radius 3 is 3.09 bits per heavy atom. The van der Waals surface area contributed by atoms with Crippen LogP contribution in [0.3, 0.4) is 0 Å². The van der Waals surface area contributed by atoms with Gasteiger partial charge < -0.3 is 0 Å². The fourth-order valence-corrected chi connectivity index (χ4v) is 1.08. The van der Waals surface area contributed by atoms with E-state index in [9.17, 15) is 0 Å². The molecule has 0 spiro atoms. The summed E-state index contributed by atoms with van der Waals surface area (Å²) in [6.45, 7) is 3.67. The molecule has 0 N–H and O–H groups in total. The molecule has 58 valence electrons. The highest BCUT2D eigenvalue weighted by Crippen LogP contribution is 2.12. The standard InChI is InChI=1S/C11H14/c1-2-3-4-5-8-11-9-6-7-10-11/h2,5-6,8,10-11H,1,3-4,9H2/b8-5+. The van der Waals surface area contributed by atoms with Crippen LogP contribution in [0.25, 0.3) is 0 Å².